The van der Waals surface area contributed by atoms with Crippen molar-refractivity contribution < 1.29 is 8.60 Å². The minimum Gasteiger partial charge on any atom is -0.252 e. The van der Waals surface area contributed by atoms with E-state index >= 15 is 0 Å². The summed E-state index contributed by atoms with van der Waals surface area (Å²) in [4.78, 5) is 0. The van der Waals surface area contributed by atoms with Crippen LogP contribution in [0.25, 0.3) is 0 Å². The highest BCUT2D eigenvalue weighted by molar-refractivity contribution is 7.82. The van der Waals surface area contributed by atoms with Gasteiger partial charge in [0.2, 0.25) is 0 Å². The molecule has 1 unspecified atom stereocenters. The molecule has 0 aromatic heterocycles. The Hall–Kier alpha value is 0.0400. The third kappa shape index (κ3) is 1.72. The van der Waals surface area contributed by atoms with E-state index in [4.69, 9.17) is 5.14 Å². The fraction of sp³-hybridized carbons (Fsp3) is 1.00. The highest BCUT2D eigenvalue weighted by Gasteiger charge is 2.37. The Bertz CT molecular complexity index is 135. The summed E-state index contributed by atoms with van der Waals surface area (Å²) in [6, 6.07) is 0. The topological polar surface area (TPSA) is 43.1 Å². The second kappa shape index (κ2) is 2.34. The Labute approximate surface area is 56.2 Å². The van der Waals surface area contributed by atoms with Crippen LogP contribution in [0, 0.1) is 0 Å². The maximum Gasteiger partial charge on any atom is 0.123 e. The van der Waals surface area contributed by atoms with Crippen LogP contribution in [0.5, 0.6) is 0 Å². The lowest BCUT2D eigenvalue weighted by atomic mass is 9.84. The highest BCUT2D eigenvalue weighted by atomic mass is 32.2. The van der Waals surface area contributed by atoms with E-state index in [0.29, 0.717) is 12.8 Å². The summed E-state index contributed by atoms with van der Waals surface area (Å²) in [5.74, 6) is 0.0208. The van der Waals surface area contributed by atoms with Crippen LogP contribution in [0.3, 0.4) is 0 Å². The van der Waals surface area contributed by atoms with Crippen molar-refractivity contribution in [3.05, 3.63) is 0 Å². The zero-order valence-corrected chi connectivity index (χ0v) is 5.92. The van der Waals surface area contributed by atoms with Gasteiger partial charge < -0.3 is 0 Å². The molecule has 2 N–H and O–H groups in total. The van der Waals surface area contributed by atoms with Crippen molar-refractivity contribution in [2.75, 3.05) is 5.75 Å². The van der Waals surface area contributed by atoms with Gasteiger partial charge in [-0.2, -0.15) is 0 Å². The number of alkyl halides is 1. The maximum atomic E-state index is 12.9. The summed E-state index contributed by atoms with van der Waals surface area (Å²) < 4.78 is 23.2. The molecular weight excluding hydrogens is 141 g/mol. The maximum absolute atomic E-state index is 12.9. The fourth-order valence-electron chi connectivity index (χ4n) is 0.960. The van der Waals surface area contributed by atoms with Crippen molar-refractivity contribution in [1.82, 2.24) is 0 Å². The zero-order chi connectivity index (χ0) is 6.91. The summed E-state index contributed by atoms with van der Waals surface area (Å²) in [7, 11) is -1.46. The van der Waals surface area contributed by atoms with E-state index in [1.807, 2.05) is 0 Å². The largest absolute Gasteiger partial charge is 0.252 e. The van der Waals surface area contributed by atoms with Crippen molar-refractivity contribution in [1.29, 1.82) is 0 Å². The normalized spacial score (nSPS) is 26.9. The molecule has 0 aromatic rings. The van der Waals surface area contributed by atoms with Gasteiger partial charge in [-0.15, -0.1) is 0 Å². The van der Waals surface area contributed by atoms with Crippen molar-refractivity contribution in [2.24, 2.45) is 5.14 Å². The molecule has 1 aliphatic carbocycles. The molecule has 0 radical (unpaired) electrons. The monoisotopic (exact) mass is 151 g/mol. The zero-order valence-electron chi connectivity index (χ0n) is 5.10. The van der Waals surface area contributed by atoms with E-state index in [9.17, 15) is 8.60 Å². The first kappa shape index (κ1) is 7.15. The van der Waals surface area contributed by atoms with Crippen molar-refractivity contribution in [3.8, 4) is 0 Å². The van der Waals surface area contributed by atoms with Crippen molar-refractivity contribution in [2.45, 2.75) is 24.9 Å². The minimum absolute atomic E-state index is 0.0208. The Morgan fingerprint density at radius 1 is 1.67 bits per heavy atom. The second-order valence-corrected chi connectivity index (χ2v) is 3.58. The molecule has 0 amide bonds. The molecule has 9 heavy (non-hydrogen) atoms. The molecule has 0 saturated heterocycles. The van der Waals surface area contributed by atoms with Crippen LogP contribution in [0.4, 0.5) is 4.39 Å². The summed E-state index contributed by atoms with van der Waals surface area (Å²) in [5.41, 5.74) is -1.18. The molecule has 1 saturated carbocycles. The molecule has 0 heterocycles. The van der Waals surface area contributed by atoms with Gasteiger partial charge in [-0.1, -0.05) is 0 Å². The smallest absolute Gasteiger partial charge is 0.123 e. The molecule has 1 fully saturated rings. The number of hydrogen-bond donors (Lipinski definition) is 1. The predicted octanol–water partition coefficient (Wildman–Crippen LogP) is 0.501. The highest BCUT2D eigenvalue weighted by Crippen LogP contribution is 2.35. The van der Waals surface area contributed by atoms with Gasteiger partial charge in [0.05, 0.1) is 16.7 Å². The van der Waals surface area contributed by atoms with E-state index in [2.05, 4.69) is 0 Å². The molecule has 4 heteroatoms. The Balaban J connectivity index is 2.33. The summed E-state index contributed by atoms with van der Waals surface area (Å²) >= 11 is 0. The van der Waals surface area contributed by atoms with Crippen LogP contribution in [-0.2, 0) is 11.0 Å². The Morgan fingerprint density at radius 2 is 2.22 bits per heavy atom. The molecule has 0 spiro atoms. The molecular formula is C5H10FNOS. The van der Waals surface area contributed by atoms with Gasteiger partial charge in [-0.3, -0.25) is 5.14 Å². The van der Waals surface area contributed by atoms with Crippen molar-refractivity contribution in [3.63, 3.8) is 0 Å². The van der Waals surface area contributed by atoms with Gasteiger partial charge in [0.15, 0.2) is 0 Å². The Morgan fingerprint density at radius 3 is 2.33 bits per heavy atom. The first-order valence-corrected chi connectivity index (χ1v) is 4.32. The lowest BCUT2D eigenvalue weighted by molar-refractivity contribution is 0.0902. The van der Waals surface area contributed by atoms with E-state index in [-0.39, 0.29) is 5.75 Å². The van der Waals surface area contributed by atoms with E-state index in [1.54, 1.807) is 0 Å². The van der Waals surface area contributed by atoms with Crippen LogP contribution >= 0.6 is 0 Å². The standard InChI is InChI=1S/C5H10FNOS/c6-5(2-1-3-5)4-9(7)8/h1-4,7H2. The number of halogens is 1. The third-order valence-electron chi connectivity index (χ3n) is 1.65. The molecule has 1 atom stereocenters. The van der Waals surface area contributed by atoms with Crippen molar-refractivity contribution >= 4 is 11.0 Å². The van der Waals surface area contributed by atoms with Gasteiger partial charge in [0.25, 0.3) is 0 Å². The lowest BCUT2D eigenvalue weighted by Gasteiger charge is -2.32. The molecule has 54 valence electrons. The van der Waals surface area contributed by atoms with E-state index in [0.717, 1.165) is 6.42 Å². The second-order valence-electron chi connectivity index (χ2n) is 2.53. The van der Waals surface area contributed by atoms with Gasteiger partial charge >= 0.3 is 0 Å². The van der Waals surface area contributed by atoms with Crippen LogP contribution in [-0.4, -0.2) is 15.6 Å². The van der Waals surface area contributed by atoms with Crippen LogP contribution < -0.4 is 5.14 Å². The summed E-state index contributed by atoms with van der Waals surface area (Å²) in [6.07, 6.45) is 1.99. The lowest BCUT2D eigenvalue weighted by Crippen LogP contribution is -2.39. The average Bonchev–Trinajstić information content (AvgIpc) is 1.60. The molecule has 2 nitrogen and oxygen atoms in total. The quantitative estimate of drug-likeness (QED) is 0.613. The van der Waals surface area contributed by atoms with Crippen LogP contribution in [0.15, 0.2) is 0 Å². The molecule has 0 aliphatic heterocycles. The first-order valence-electron chi connectivity index (χ1n) is 2.94. The third-order valence-corrected chi connectivity index (χ3v) is 2.45. The fourth-order valence-corrected chi connectivity index (χ4v) is 1.76. The van der Waals surface area contributed by atoms with Gasteiger partial charge in [0, 0.05) is 0 Å². The minimum atomic E-state index is -1.46. The molecule has 0 bridgehead atoms. The predicted molar refractivity (Wildman–Crippen MR) is 34.9 cm³/mol. The van der Waals surface area contributed by atoms with E-state index < -0.39 is 16.7 Å². The summed E-state index contributed by atoms with van der Waals surface area (Å²) in [5, 5.41) is 4.92. The average molecular weight is 151 g/mol. The summed E-state index contributed by atoms with van der Waals surface area (Å²) in [6.45, 7) is 0. The SMILES string of the molecule is NS(=O)CC1(F)CCC1. The van der Waals surface area contributed by atoms with Gasteiger partial charge in [-0.25, -0.2) is 8.60 Å². The van der Waals surface area contributed by atoms with Gasteiger partial charge in [-0.05, 0) is 19.3 Å². The molecule has 1 aliphatic rings. The number of nitrogens with two attached hydrogens (primary N) is 1. The van der Waals surface area contributed by atoms with Crippen LogP contribution in [0.2, 0.25) is 0 Å². The van der Waals surface area contributed by atoms with E-state index in [1.165, 1.54) is 0 Å². The van der Waals surface area contributed by atoms with Gasteiger partial charge in [0.1, 0.15) is 5.67 Å². The van der Waals surface area contributed by atoms with Crippen LogP contribution in [0.1, 0.15) is 19.3 Å². The number of rotatable bonds is 2. The first-order chi connectivity index (χ1) is 4.12. The molecule has 1 rings (SSSR count). The Kier molecular flexibility index (Phi) is 1.86. The number of hydrogen-bond acceptors (Lipinski definition) is 1. The molecule has 0 aromatic carbocycles.